The van der Waals surface area contributed by atoms with Gasteiger partial charge in [-0.1, -0.05) is 0 Å². The van der Waals surface area contributed by atoms with Gasteiger partial charge in [0, 0.05) is 25.7 Å². The molecule has 1 aromatic carbocycles. The number of nitrogens with zero attached hydrogens (tertiary/aromatic N) is 2. The van der Waals surface area contributed by atoms with Crippen molar-refractivity contribution in [3.8, 4) is 5.75 Å². The van der Waals surface area contributed by atoms with E-state index in [9.17, 15) is 39.0 Å². The molecule has 1 aromatic rings. The van der Waals surface area contributed by atoms with E-state index in [0.717, 1.165) is 0 Å². The summed E-state index contributed by atoms with van der Waals surface area (Å²) < 4.78 is 4.87. The van der Waals surface area contributed by atoms with Crippen LogP contribution < -0.4 is 16.0 Å². The lowest BCUT2D eigenvalue weighted by atomic mass is 9.52. The number of primary amides is 1. The molecule has 6 atom stereocenters. The first-order valence-electron chi connectivity index (χ1n) is 12.5. The van der Waals surface area contributed by atoms with Crippen molar-refractivity contribution in [1.29, 1.82) is 0 Å². The van der Waals surface area contributed by atoms with Gasteiger partial charge in [-0.05, 0) is 51.4 Å². The third-order valence-electron chi connectivity index (χ3n) is 8.03. The lowest BCUT2D eigenvalue weighted by Crippen LogP contribution is -2.74. The molecule has 13 heteroatoms. The zero-order chi connectivity index (χ0) is 29.1. The van der Waals surface area contributed by atoms with Gasteiger partial charge in [0.05, 0.1) is 29.8 Å². The number of phenols is 1. The predicted molar refractivity (Wildman–Crippen MR) is 136 cm³/mol. The van der Waals surface area contributed by atoms with Gasteiger partial charge in [-0.2, -0.15) is 0 Å². The number of aromatic hydroxyl groups is 1. The van der Waals surface area contributed by atoms with E-state index >= 15 is 0 Å². The topological polar surface area (TPSA) is 197 Å². The Hall–Kier alpha value is -3.84. The van der Waals surface area contributed by atoms with Crippen LogP contribution in [0.2, 0.25) is 0 Å². The smallest absolute Gasteiger partial charge is 0.411 e. The van der Waals surface area contributed by atoms with Gasteiger partial charge < -0.3 is 25.6 Å². The number of phenolic OH excluding ortho intramolecular Hbond substituents is 1. The fourth-order valence-electron chi connectivity index (χ4n) is 6.42. The minimum atomic E-state index is -2.81. The highest BCUT2D eigenvalue weighted by molar-refractivity contribution is 6.32. The summed E-state index contributed by atoms with van der Waals surface area (Å²) in [5.74, 6) is -11.5. The summed E-state index contributed by atoms with van der Waals surface area (Å²) in [5, 5.41) is 25.1. The molecule has 0 heterocycles. The number of benzene rings is 1. The summed E-state index contributed by atoms with van der Waals surface area (Å²) in [6, 6.07) is 0.303. The van der Waals surface area contributed by atoms with Crippen LogP contribution in [0.25, 0.3) is 0 Å². The van der Waals surface area contributed by atoms with Gasteiger partial charge in [-0.3, -0.25) is 34.2 Å². The number of Topliss-reactive ketones (excluding diaryl/α,β-unsaturated/α-hetero) is 4. The highest BCUT2D eigenvalue weighted by Crippen LogP contribution is 2.52. The van der Waals surface area contributed by atoms with Gasteiger partial charge in [0.2, 0.25) is 5.91 Å². The third-order valence-corrected chi connectivity index (χ3v) is 8.03. The first kappa shape index (κ1) is 28.2. The Morgan fingerprint density at radius 2 is 1.79 bits per heavy atom. The predicted octanol–water partition coefficient (Wildman–Crippen LogP) is -0.499. The molecule has 2 saturated carbocycles. The van der Waals surface area contributed by atoms with Crippen LogP contribution in [0.1, 0.15) is 29.3 Å². The number of likely N-dealkylation sites (N-methyl/N-ethyl adjacent to an activating group) is 1. The first-order valence-corrected chi connectivity index (χ1v) is 12.5. The Balaban J connectivity index is 1.87. The Kier molecular flexibility index (Phi) is 7.02. The summed E-state index contributed by atoms with van der Waals surface area (Å²) in [5.41, 5.74) is 3.09. The fraction of sp³-hybridized carbons (Fsp3) is 0.538. The molecule has 5 N–H and O–H groups in total. The van der Waals surface area contributed by atoms with Crippen LogP contribution in [0.5, 0.6) is 5.75 Å². The maximum absolute atomic E-state index is 13.9. The number of nitrogens with two attached hydrogens (primary N) is 1. The Labute approximate surface area is 224 Å². The van der Waals surface area contributed by atoms with Crippen molar-refractivity contribution in [2.75, 3.05) is 45.0 Å². The fourth-order valence-corrected chi connectivity index (χ4v) is 6.42. The minimum Gasteiger partial charge on any atom is -0.505 e. The van der Waals surface area contributed by atoms with Crippen molar-refractivity contribution in [1.82, 2.24) is 4.90 Å². The molecule has 3 aliphatic rings. The third kappa shape index (κ3) is 4.07. The number of ether oxygens (including phenoxy) is 1. The Bertz CT molecular complexity index is 1310. The normalized spacial score (nSPS) is 29.9. The Morgan fingerprint density at radius 3 is 2.33 bits per heavy atom. The van der Waals surface area contributed by atoms with E-state index in [0.29, 0.717) is 11.3 Å². The number of nitrogens with one attached hydrogen (secondary N) is 1. The Morgan fingerprint density at radius 1 is 1.15 bits per heavy atom. The zero-order valence-electron chi connectivity index (χ0n) is 22.3. The van der Waals surface area contributed by atoms with Gasteiger partial charge in [0.25, 0.3) is 0 Å². The number of rotatable bonds is 5. The molecular weight excluding hydrogens is 512 g/mol. The summed E-state index contributed by atoms with van der Waals surface area (Å²) in [7, 11) is 6.45. The summed E-state index contributed by atoms with van der Waals surface area (Å²) in [4.78, 5) is 81.6. The molecule has 4 rings (SSSR count). The highest BCUT2D eigenvalue weighted by atomic mass is 16.5. The van der Waals surface area contributed by atoms with Crippen LogP contribution in [0, 0.1) is 23.7 Å². The van der Waals surface area contributed by atoms with E-state index in [1.165, 1.54) is 25.1 Å². The number of fused-ring (bicyclic) bond motifs is 3. The average Bonchev–Trinajstić information content (AvgIpc) is 2.82. The maximum Gasteiger partial charge on any atom is 0.411 e. The monoisotopic (exact) mass is 544 g/mol. The minimum absolute atomic E-state index is 0.0552. The van der Waals surface area contributed by atoms with Crippen molar-refractivity contribution in [2.45, 2.75) is 31.4 Å². The second-order valence-corrected chi connectivity index (χ2v) is 10.7. The van der Waals surface area contributed by atoms with Crippen molar-refractivity contribution in [3.63, 3.8) is 0 Å². The number of aliphatic hydroxyl groups is 1. The van der Waals surface area contributed by atoms with Crippen molar-refractivity contribution in [2.24, 2.45) is 29.4 Å². The number of carbonyl (C=O) groups is 6. The molecule has 13 nitrogen and oxygen atoms in total. The molecule has 0 spiro atoms. The molecule has 0 aliphatic heterocycles. The molecule has 2 unspecified atom stereocenters. The number of carbonyl (C=O) groups excluding carboxylic acids is 6. The van der Waals surface area contributed by atoms with Crippen LogP contribution in [0.15, 0.2) is 6.07 Å². The van der Waals surface area contributed by atoms with E-state index < -0.39 is 76.2 Å². The molecule has 39 heavy (non-hydrogen) atoms. The molecule has 2 amide bonds. The van der Waals surface area contributed by atoms with Gasteiger partial charge in [-0.15, -0.1) is 0 Å². The van der Waals surface area contributed by atoms with Crippen molar-refractivity contribution >= 4 is 46.5 Å². The molecule has 210 valence electrons. The van der Waals surface area contributed by atoms with E-state index in [1.807, 2.05) is 0 Å². The van der Waals surface area contributed by atoms with Gasteiger partial charge in [0.1, 0.15) is 5.75 Å². The first-order chi connectivity index (χ1) is 18.2. The molecule has 0 aromatic heterocycles. The molecule has 0 bridgehead atoms. The van der Waals surface area contributed by atoms with Gasteiger partial charge in [-0.25, -0.2) is 4.79 Å². The van der Waals surface area contributed by atoms with Gasteiger partial charge >= 0.3 is 6.09 Å². The van der Waals surface area contributed by atoms with E-state index in [2.05, 4.69) is 5.32 Å². The van der Waals surface area contributed by atoms with Crippen LogP contribution >= 0.6 is 0 Å². The second kappa shape index (κ2) is 9.72. The molecule has 2 fully saturated rings. The summed E-state index contributed by atoms with van der Waals surface area (Å²) in [6.45, 7) is 1.66. The maximum atomic E-state index is 13.9. The number of ketones is 4. The van der Waals surface area contributed by atoms with Crippen molar-refractivity contribution in [3.05, 3.63) is 17.2 Å². The highest BCUT2D eigenvalue weighted by Gasteiger charge is 2.69. The van der Waals surface area contributed by atoms with Crippen LogP contribution in [0.3, 0.4) is 0 Å². The summed E-state index contributed by atoms with van der Waals surface area (Å²) >= 11 is 0. The quantitative estimate of drug-likeness (QED) is 0.275. The molecule has 0 saturated heterocycles. The molecule has 0 radical (unpaired) electrons. The van der Waals surface area contributed by atoms with Crippen LogP contribution in [0.4, 0.5) is 16.2 Å². The standard InChI is InChI=1S/C26H32N4O9/c1-6-39-25(37)28-13-9-14(29(2)3)11-7-10-8-12-18(30(4)5)21(33)17(24(27)36)23(35)26(12,38)22(34)15(10)20(32)16(11)19(13)31/h9-10,12,15,17-18,31,38H,6-8H2,1-5H3,(H2,27,36)(H,28,37)/t10-,12-,15?,17?,18-,26-/m0/s1. The second-order valence-electron chi connectivity index (χ2n) is 10.7. The zero-order valence-corrected chi connectivity index (χ0v) is 22.3. The number of anilines is 2. The van der Waals surface area contributed by atoms with E-state index in [4.69, 9.17) is 10.5 Å². The van der Waals surface area contributed by atoms with E-state index in [-0.39, 0.29) is 30.7 Å². The number of amides is 2. The van der Waals surface area contributed by atoms with E-state index in [1.54, 1.807) is 25.9 Å². The van der Waals surface area contributed by atoms with Gasteiger partial charge in [0.15, 0.2) is 34.7 Å². The van der Waals surface area contributed by atoms with Crippen molar-refractivity contribution < 1.29 is 43.7 Å². The lowest BCUT2D eigenvalue weighted by molar-refractivity contribution is -0.181. The lowest BCUT2D eigenvalue weighted by Gasteiger charge is -2.52. The number of hydrogen-bond acceptors (Lipinski definition) is 11. The molecular formula is C26H32N4O9. The SMILES string of the molecule is CCOC(=O)Nc1cc(N(C)C)c2c(c1O)C(=O)C1C(=O)[C@]3(O)C(=O)C(C(N)=O)C(=O)[C@@H](N(C)C)[C@@H]3C[C@@H]1C2. The average molecular weight is 545 g/mol. The largest absolute Gasteiger partial charge is 0.505 e. The summed E-state index contributed by atoms with van der Waals surface area (Å²) in [6.07, 6.45) is -0.818. The van der Waals surface area contributed by atoms with Crippen LogP contribution in [-0.4, -0.2) is 96.7 Å². The molecule has 3 aliphatic carbocycles. The number of hydrogen-bond donors (Lipinski definition) is 4. The van der Waals surface area contributed by atoms with Crippen LogP contribution in [-0.2, 0) is 30.3 Å².